The Morgan fingerprint density at radius 1 is 1.15 bits per heavy atom. The van der Waals surface area contributed by atoms with E-state index in [0.29, 0.717) is 11.9 Å². The molecule has 0 radical (unpaired) electrons. The van der Waals surface area contributed by atoms with Crippen LogP contribution in [0.3, 0.4) is 0 Å². The Morgan fingerprint density at radius 2 is 1.87 bits per heavy atom. The van der Waals surface area contributed by atoms with Crippen LogP contribution in [0.15, 0.2) is 53.6 Å². The molecule has 2 N–H and O–H groups in total. The number of alkyl halides is 5. The second-order valence-electron chi connectivity index (χ2n) is 8.26. The van der Waals surface area contributed by atoms with Crippen molar-refractivity contribution in [3.8, 4) is 23.3 Å². The first-order valence-corrected chi connectivity index (χ1v) is 11.5. The fourth-order valence-corrected chi connectivity index (χ4v) is 4.02. The molecule has 0 bridgehead atoms. The van der Waals surface area contributed by atoms with Gasteiger partial charge >= 0.3 is 12.8 Å². The number of aromatic nitrogens is 2. The summed E-state index contributed by atoms with van der Waals surface area (Å²) in [4.78, 5) is 29.1. The fourth-order valence-electron chi connectivity index (χ4n) is 3.79. The molecule has 204 valence electrons. The molecule has 1 aromatic heterocycles. The molecule has 9 nitrogen and oxygen atoms in total. The zero-order chi connectivity index (χ0) is 28.3. The summed E-state index contributed by atoms with van der Waals surface area (Å²) in [5.74, 6) is -2.91. The average Bonchev–Trinajstić information content (AvgIpc) is 2.86. The van der Waals surface area contributed by atoms with Crippen molar-refractivity contribution in [3.05, 3.63) is 81.0 Å². The first-order valence-electron chi connectivity index (χ1n) is 11.1. The predicted octanol–water partition coefficient (Wildman–Crippen LogP) is 4.22. The molecule has 2 heterocycles. The van der Waals surface area contributed by atoms with E-state index in [2.05, 4.69) is 20.4 Å². The monoisotopic (exact) mass is 569 g/mol. The van der Waals surface area contributed by atoms with Gasteiger partial charge < -0.3 is 14.8 Å². The lowest BCUT2D eigenvalue weighted by atomic mass is 10.0. The smallest absolute Gasteiger partial charge is 0.437 e. The van der Waals surface area contributed by atoms with Gasteiger partial charge in [-0.25, -0.2) is 4.98 Å². The van der Waals surface area contributed by atoms with Gasteiger partial charge in [-0.1, -0.05) is 23.7 Å². The van der Waals surface area contributed by atoms with E-state index >= 15 is 0 Å². The zero-order valence-electron chi connectivity index (χ0n) is 19.5. The molecule has 2 aromatic carbocycles. The summed E-state index contributed by atoms with van der Waals surface area (Å²) >= 11 is 5.88. The van der Waals surface area contributed by atoms with Crippen LogP contribution < -0.4 is 25.7 Å². The summed E-state index contributed by atoms with van der Waals surface area (Å²) in [7, 11) is 0. The minimum absolute atomic E-state index is 0.00230. The van der Waals surface area contributed by atoms with E-state index in [-0.39, 0.29) is 35.2 Å². The van der Waals surface area contributed by atoms with Crippen molar-refractivity contribution in [2.75, 3.05) is 6.54 Å². The maximum Gasteiger partial charge on any atom is 0.437 e. The predicted molar refractivity (Wildman–Crippen MR) is 125 cm³/mol. The van der Waals surface area contributed by atoms with Gasteiger partial charge in [-0.3, -0.25) is 19.5 Å². The van der Waals surface area contributed by atoms with Crippen LogP contribution in [0.25, 0.3) is 0 Å². The molecular formula is C24H17ClF5N5O4. The van der Waals surface area contributed by atoms with Crippen LogP contribution in [0.2, 0.25) is 5.02 Å². The molecule has 1 saturated heterocycles. The molecule has 0 saturated carbocycles. The van der Waals surface area contributed by atoms with E-state index in [1.807, 2.05) is 0 Å². The average molecular weight is 570 g/mol. The van der Waals surface area contributed by atoms with Crippen LogP contribution in [0.1, 0.15) is 23.0 Å². The second kappa shape index (κ2) is 11.3. The number of amides is 1. The van der Waals surface area contributed by atoms with Crippen LogP contribution in [0.4, 0.5) is 22.0 Å². The number of hydrogen-bond acceptors (Lipinski definition) is 7. The molecule has 1 aliphatic heterocycles. The quantitative estimate of drug-likeness (QED) is 0.409. The Bertz CT molecular complexity index is 1470. The van der Waals surface area contributed by atoms with Crippen molar-refractivity contribution in [1.29, 1.82) is 5.26 Å². The number of hydrogen-bond donors (Lipinski definition) is 2. The first-order chi connectivity index (χ1) is 18.4. The van der Waals surface area contributed by atoms with Crippen molar-refractivity contribution in [1.82, 2.24) is 20.2 Å². The van der Waals surface area contributed by atoms with E-state index in [1.165, 1.54) is 30.3 Å². The molecule has 0 spiro atoms. The van der Waals surface area contributed by atoms with E-state index in [4.69, 9.17) is 21.6 Å². The maximum absolute atomic E-state index is 13.6. The topological polar surface area (TPSA) is 118 Å². The lowest BCUT2D eigenvalue weighted by Crippen LogP contribution is -2.52. The highest BCUT2D eigenvalue weighted by atomic mass is 35.5. The number of benzene rings is 2. The van der Waals surface area contributed by atoms with Gasteiger partial charge in [0, 0.05) is 18.1 Å². The van der Waals surface area contributed by atoms with Crippen LogP contribution in [0, 0.1) is 17.2 Å². The highest BCUT2D eigenvalue weighted by Gasteiger charge is 2.39. The van der Waals surface area contributed by atoms with Crippen molar-refractivity contribution < 1.29 is 36.2 Å². The Hall–Kier alpha value is -4.22. The van der Waals surface area contributed by atoms with Crippen molar-refractivity contribution in [3.63, 3.8) is 0 Å². The maximum atomic E-state index is 13.6. The number of rotatable bonds is 7. The Labute approximate surface area is 221 Å². The minimum Gasteiger partial charge on any atom is -0.449 e. The number of nitrogens with zero attached hydrogens (tertiary/aromatic N) is 3. The molecule has 15 heteroatoms. The molecule has 39 heavy (non-hydrogen) atoms. The SMILES string of the molecule is N#Cc1cc(Cl)cc(Oc2c(C(F)(F)F)ncn(CC3CNC(c4ccc(OC(F)F)cc4)NC3=O)c2=O)c1. The van der Waals surface area contributed by atoms with E-state index in [0.717, 1.165) is 16.7 Å². The number of nitrogens with one attached hydrogen (secondary N) is 2. The molecule has 2 unspecified atom stereocenters. The van der Waals surface area contributed by atoms with E-state index in [9.17, 15) is 31.5 Å². The van der Waals surface area contributed by atoms with Crippen molar-refractivity contribution >= 4 is 17.5 Å². The lowest BCUT2D eigenvalue weighted by molar-refractivity contribution is -0.142. The van der Waals surface area contributed by atoms with Crippen molar-refractivity contribution in [2.24, 2.45) is 5.92 Å². The highest BCUT2D eigenvalue weighted by molar-refractivity contribution is 6.30. The van der Waals surface area contributed by atoms with E-state index in [1.54, 1.807) is 6.07 Å². The molecule has 3 aromatic rings. The van der Waals surface area contributed by atoms with Gasteiger partial charge in [-0.05, 0) is 35.9 Å². The van der Waals surface area contributed by atoms with Gasteiger partial charge in [0.05, 0.1) is 23.9 Å². The second-order valence-corrected chi connectivity index (χ2v) is 8.70. The standard InChI is InChI=1S/C24H17ClF5N5O4/c25-15-5-12(8-31)6-17(7-15)38-18-19(24(28,29)30)33-11-35(22(18)37)10-14-9-32-20(34-21(14)36)13-1-3-16(4-2-13)39-23(26)27/h1-7,11,14,20,23,32H,9-10H2,(H,34,36). The molecule has 1 amide bonds. The summed E-state index contributed by atoms with van der Waals surface area (Å²) < 4.78 is 75.8. The third kappa shape index (κ3) is 6.62. The fraction of sp³-hybridized carbons (Fsp3) is 0.250. The lowest BCUT2D eigenvalue weighted by Gasteiger charge is -2.31. The van der Waals surface area contributed by atoms with E-state index < -0.39 is 47.8 Å². The van der Waals surface area contributed by atoms with Gasteiger partial charge in [0.2, 0.25) is 11.7 Å². The number of carbonyl (C=O) groups is 1. The zero-order valence-corrected chi connectivity index (χ0v) is 20.3. The van der Waals surface area contributed by atoms with Crippen LogP contribution in [-0.2, 0) is 17.5 Å². The van der Waals surface area contributed by atoms with Gasteiger partial charge in [0.1, 0.15) is 17.7 Å². The summed E-state index contributed by atoms with van der Waals surface area (Å²) in [5.41, 5.74) is -2.27. The Morgan fingerprint density at radius 3 is 2.49 bits per heavy atom. The van der Waals surface area contributed by atoms with Crippen molar-refractivity contribution in [2.45, 2.75) is 25.5 Å². The molecule has 1 fully saturated rings. The molecule has 4 rings (SSSR count). The number of carbonyl (C=O) groups excluding carboxylic acids is 1. The number of halogens is 6. The van der Waals surface area contributed by atoms with Gasteiger partial charge in [-0.2, -0.15) is 27.2 Å². The highest BCUT2D eigenvalue weighted by Crippen LogP contribution is 2.35. The summed E-state index contributed by atoms with van der Waals surface area (Å²) in [6, 6.07) is 10.8. The summed E-state index contributed by atoms with van der Waals surface area (Å²) in [5, 5.41) is 14.7. The van der Waals surface area contributed by atoms with Gasteiger partial charge in [-0.15, -0.1) is 0 Å². The largest absolute Gasteiger partial charge is 0.449 e. The van der Waals surface area contributed by atoms with Crippen LogP contribution in [0.5, 0.6) is 17.2 Å². The summed E-state index contributed by atoms with van der Waals surface area (Å²) in [6.07, 6.45) is -5.07. The third-order valence-corrected chi connectivity index (χ3v) is 5.78. The van der Waals surface area contributed by atoms with Crippen LogP contribution >= 0.6 is 11.6 Å². The number of ether oxygens (including phenoxy) is 2. The summed E-state index contributed by atoms with van der Waals surface area (Å²) in [6.45, 7) is -3.31. The van der Waals surface area contributed by atoms with Gasteiger partial charge in [0.15, 0.2) is 5.69 Å². The molecule has 0 aliphatic carbocycles. The normalized spacial score (nSPS) is 17.4. The minimum atomic E-state index is -5.04. The molecular weight excluding hydrogens is 553 g/mol. The third-order valence-electron chi connectivity index (χ3n) is 5.57. The first kappa shape index (κ1) is 27.8. The Balaban J connectivity index is 1.54. The number of nitriles is 1. The Kier molecular flexibility index (Phi) is 8.03. The van der Waals surface area contributed by atoms with Gasteiger partial charge in [0.25, 0.3) is 5.56 Å². The molecule has 1 aliphatic rings. The molecule has 2 atom stereocenters. The van der Waals surface area contributed by atoms with Crippen LogP contribution in [-0.4, -0.2) is 28.6 Å².